The highest BCUT2D eigenvalue weighted by molar-refractivity contribution is 5.95. The quantitative estimate of drug-likeness (QED) is 0.590. The molecule has 0 spiro atoms. The fraction of sp³-hybridized carbons (Fsp3) is 0.208. The van der Waals surface area contributed by atoms with E-state index in [1.165, 1.54) is 11.1 Å². The van der Waals surface area contributed by atoms with Gasteiger partial charge in [0.1, 0.15) is 0 Å². The van der Waals surface area contributed by atoms with Crippen LogP contribution in [0.15, 0.2) is 60.7 Å². The molecule has 137 valence electrons. The second-order valence-electron chi connectivity index (χ2n) is 7.10. The molecule has 0 fully saturated rings. The molecule has 3 heteroatoms. The molecule has 3 aromatic carbocycles. The van der Waals surface area contributed by atoms with Gasteiger partial charge < -0.3 is 9.80 Å². The zero-order chi connectivity index (χ0) is 19.6. The van der Waals surface area contributed by atoms with E-state index in [1.54, 1.807) is 6.92 Å². The van der Waals surface area contributed by atoms with E-state index in [2.05, 4.69) is 54.2 Å². The Morgan fingerprint density at radius 2 is 1.37 bits per heavy atom. The molecule has 0 aliphatic heterocycles. The van der Waals surface area contributed by atoms with Crippen LogP contribution in [0.25, 0.3) is 22.3 Å². The van der Waals surface area contributed by atoms with Crippen molar-refractivity contribution in [3.8, 4) is 22.3 Å². The normalized spacial score (nSPS) is 10.6. The van der Waals surface area contributed by atoms with Crippen molar-refractivity contribution >= 4 is 17.2 Å². The molecule has 0 N–H and O–H groups in total. The number of nitrogens with zero attached hydrogens (tertiary/aromatic N) is 2. The SMILES string of the molecule is CC(=O)c1ccc(-c2ccc(-c3cc[c]cc3N(C)C)c(N(C)C)c2)cc1. The Balaban J connectivity index is 2.10. The lowest BCUT2D eigenvalue weighted by Gasteiger charge is -2.23. The second kappa shape index (κ2) is 7.67. The van der Waals surface area contributed by atoms with E-state index in [1.807, 2.05) is 50.5 Å². The van der Waals surface area contributed by atoms with E-state index in [0.29, 0.717) is 0 Å². The van der Waals surface area contributed by atoms with Crippen LogP contribution in [0.4, 0.5) is 11.4 Å². The molecule has 0 heterocycles. The van der Waals surface area contributed by atoms with Gasteiger partial charge in [0.15, 0.2) is 5.78 Å². The Kier molecular flexibility index (Phi) is 5.31. The van der Waals surface area contributed by atoms with Gasteiger partial charge in [-0.2, -0.15) is 0 Å². The standard InChI is InChI=1S/C24H25N2O/c1-17(27)18-10-12-19(13-11-18)20-14-15-22(24(16-20)26(4)5)21-8-6-7-9-23(21)25(2)3/h6,8-16H,1-5H3. The van der Waals surface area contributed by atoms with Gasteiger partial charge in [-0.1, -0.05) is 48.5 Å². The van der Waals surface area contributed by atoms with E-state index in [4.69, 9.17) is 0 Å². The fourth-order valence-electron chi connectivity index (χ4n) is 3.23. The number of benzene rings is 3. The van der Waals surface area contributed by atoms with Crippen molar-refractivity contribution in [2.75, 3.05) is 38.0 Å². The summed E-state index contributed by atoms with van der Waals surface area (Å²) in [6, 6.07) is 23.6. The molecule has 0 aromatic heterocycles. The van der Waals surface area contributed by atoms with E-state index < -0.39 is 0 Å². The van der Waals surface area contributed by atoms with Crippen LogP contribution in [0, 0.1) is 6.07 Å². The molecule has 0 atom stereocenters. The predicted molar refractivity (Wildman–Crippen MR) is 115 cm³/mol. The molecule has 3 rings (SSSR count). The Bertz CT molecular complexity index is 956. The highest BCUT2D eigenvalue weighted by atomic mass is 16.1. The first kappa shape index (κ1) is 18.7. The molecule has 0 bridgehead atoms. The summed E-state index contributed by atoms with van der Waals surface area (Å²) in [5.41, 5.74) is 7.62. The van der Waals surface area contributed by atoms with Crippen LogP contribution >= 0.6 is 0 Å². The summed E-state index contributed by atoms with van der Waals surface area (Å²) >= 11 is 0. The average molecular weight is 357 g/mol. The van der Waals surface area contributed by atoms with Crippen molar-refractivity contribution in [2.24, 2.45) is 0 Å². The first-order valence-corrected chi connectivity index (χ1v) is 8.99. The Labute approximate surface area is 161 Å². The summed E-state index contributed by atoms with van der Waals surface area (Å²) in [7, 11) is 8.22. The molecule has 1 radical (unpaired) electrons. The molecule has 0 aliphatic rings. The number of Topliss-reactive ketones (excluding diaryl/α,β-unsaturated/α-hetero) is 1. The molecule has 27 heavy (non-hydrogen) atoms. The molecule has 3 aromatic rings. The number of ketones is 1. The minimum absolute atomic E-state index is 0.0861. The molecule has 0 amide bonds. The fourth-order valence-corrected chi connectivity index (χ4v) is 3.23. The van der Waals surface area contributed by atoms with Crippen LogP contribution in [0.2, 0.25) is 0 Å². The first-order chi connectivity index (χ1) is 12.9. The first-order valence-electron chi connectivity index (χ1n) is 8.99. The highest BCUT2D eigenvalue weighted by Crippen LogP contribution is 2.38. The van der Waals surface area contributed by atoms with Crippen molar-refractivity contribution in [3.63, 3.8) is 0 Å². The smallest absolute Gasteiger partial charge is 0.159 e. The third kappa shape index (κ3) is 3.87. The van der Waals surface area contributed by atoms with Crippen molar-refractivity contribution < 1.29 is 4.79 Å². The maximum absolute atomic E-state index is 11.5. The van der Waals surface area contributed by atoms with Crippen LogP contribution < -0.4 is 9.80 Å². The lowest BCUT2D eigenvalue weighted by molar-refractivity contribution is 0.101. The van der Waals surface area contributed by atoms with Crippen LogP contribution in [0.3, 0.4) is 0 Å². The molecule has 0 saturated heterocycles. The summed E-state index contributed by atoms with van der Waals surface area (Å²) in [5.74, 6) is 0.0861. The van der Waals surface area contributed by atoms with Crippen LogP contribution in [-0.4, -0.2) is 34.0 Å². The minimum atomic E-state index is 0.0861. The zero-order valence-electron chi connectivity index (χ0n) is 16.6. The summed E-state index contributed by atoms with van der Waals surface area (Å²) in [5, 5.41) is 0. The summed E-state index contributed by atoms with van der Waals surface area (Å²) in [6.07, 6.45) is 0. The molecular formula is C24H25N2O. The number of carbonyl (C=O) groups excluding carboxylic acids is 1. The maximum Gasteiger partial charge on any atom is 0.159 e. The van der Waals surface area contributed by atoms with Gasteiger partial charge in [0.2, 0.25) is 0 Å². The third-order valence-electron chi connectivity index (χ3n) is 4.72. The highest BCUT2D eigenvalue weighted by Gasteiger charge is 2.13. The number of rotatable bonds is 5. The predicted octanol–water partition coefficient (Wildman–Crippen LogP) is 5.16. The summed E-state index contributed by atoms with van der Waals surface area (Å²) in [4.78, 5) is 15.8. The summed E-state index contributed by atoms with van der Waals surface area (Å²) < 4.78 is 0. The van der Waals surface area contributed by atoms with Gasteiger partial charge in [-0.25, -0.2) is 0 Å². The van der Waals surface area contributed by atoms with E-state index >= 15 is 0 Å². The van der Waals surface area contributed by atoms with Crippen LogP contribution in [0.5, 0.6) is 0 Å². The Morgan fingerprint density at radius 3 is 1.96 bits per heavy atom. The molecular weight excluding hydrogens is 332 g/mol. The van der Waals surface area contributed by atoms with Gasteiger partial charge in [0.05, 0.1) is 0 Å². The van der Waals surface area contributed by atoms with E-state index in [-0.39, 0.29) is 5.78 Å². The number of anilines is 2. The maximum atomic E-state index is 11.5. The van der Waals surface area contributed by atoms with Gasteiger partial charge in [0.25, 0.3) is 0 Å². The van der Waals surface area contributed by atoms with Crippen molar-refractivity contribution in [1.29, 1.82) is 0 Å². The van der Waals surface area contributed by atoms with Crippen LogP contribution in [-0.2, 0) is 0 Å². The topological polar surface area (TPSA) is 23.6 Å². The molecule has 0 unspecified atom stereocenters. The molecule has 0 aliphatic carbocycles. The second-order valence-corrected chi connectivity index (χ2v) is 7.10. The largest absolute Gasteiger partial charge is 0.377 e. The lowest BCUT2D eigenvalue weighted by Crippen LogP contribution is -2.13. The van der Waals surface area contributed by atoms with Gasteiger partial charge in [0, 0.05) is 56.3 Å². The summed E-state index contributed by atoms with van der Waals surface area (Å²) in [6.45, 7) is 1.59. The number of hydrogen-bond acceptors (Lipinski definition) is 3. The number of hydrogen-bond donors (Lipinski definition) is 0. The van der Waals surface area contributed by atoms with Crippen molar-refractivity contribution in [2.45, 2.75) is 6.92 Å². The van der Waals surface area contributed by atoms with Gasteiger partial charge in [-0.3, -0.25) is 4.79 Å². The monoisotopic (exact) mass is 357 g/mol. The Morgan fingerprint density at radius 1 is 0.778 bits per heavy atom. The third-order valence-corrected chi connectivity index (χ3v) is 4.72. The van der Waals surface area contributed by atoms with E-state index in [9.17, 15) is 4.79 Å². The van der Waals surface area contributed by atoms with E-state index in [0.717, 1.165) is 28.1 Å². The zero-order valence-corrected chi connectivity index (χ0v) is 16.6. The van der Waals surface area contributed by atoms with Gasteiger partial charge in [-0.05, 0) is 36.2 Å². The average Bonchev–Trinajstić information content (AvgIpc) is 2.67. The van der Waals surface area contributed by atoms with Gasteiger partial charge >= 0.3 is 0 Å². The van der Waals surface area contributed by atoms with Gasteiger partial charge in [-0.15, -0.1) is 0 Å². The Hall–Kier alpha value is -3.07. The molecule has 0 saturated carbocycles. The van der Waals surface area contributed by atoms with Crippen molar-refractivity contribution in [3.05, 3.63) is 72.3 Å². The van der Waals surface area contributed by atoms with Crippen LogP contribution in [0.1, 0.15) is 17.3 Å². The minimum Gasteiger partial charge on any atom is -0.377 e. The lowest BCUT2D eigenvalue weighted by atomic mass is 9.96. The number of carbonyl (C=O) groups is 1. The molecule has 3 nitrogen and oxygen atoms in total. The van der Waals surface area contributed by atoms with Crippen molar-refractivity contribution in [1.82, 2.24) is 0 Å².